The molecule has 0 aliphatic heterocycles. The van der Waals surface area contributed by atoms with Gasteiger partial charge in [-0.2, -0.15) is 0 Å². The summed E-state index contributed by atoms with van der Waals surface area (Å²) in [6, 6.07) is 8.62. The van der Waals surface area contributed by atoms with E-state index >= 15 is 0 Å². The second-order valence-corrected chi connectivity index (χ2v) is 4.98. The lowest BCUT2D eigenvalue weighted by atomic mass is 10.0. The van der Waals surface area contributed by atoms with Crippen LogP contribution < -0.4 is 10.6 Å². The molecule has 3 heteroatoms. The van der Waals surface area contributed by atoms with Crippen LogP contribution in [0.3, 0.4) is 0 Å². The van der Waals surface area contributed by atoms with Crippen LogP contribution >= 0.6 is 0 Å². The monoisotopic (exact) mass is 232 g/mol. The average molecular weight is 232 g/mol. The Kier molecular flexibility index (Phi) is 3.79. The maximum Gasteiger partial charge on any atom is 0.238 e. The highest BCUT2D eigenvalue weighted by atomic mass is 16.1. The lowest BCUT2D eigenvalue weighted by molar-refractivity contribution is -0.115. The highest BCUT2D eigenvalue weighted by molar-refractivity contribution is 5.92. The zero-order valence-electron chi connectivity index (χ0n) is 10.5. The molecular weight excluding hydrogens is 212 g/mol. The van der Waals surface area contributed by atoms with E-state index in [0.717, 1.165) is 5.69 Å². The minimum Gasteiger partial charge on any atom is -0.325 e. The number of hydrogen-bond acceptors (Lipinski definition) is 2. The van der Waals surface area contributed by atoms with Gasteiger partial charge in [-0.15, -0.1) is 0 Å². The summed E-state index contributed by atoms with van der Waals surface area (Å²) in [6.45, 7) is 4.71. The molecule has 3 nitrogen and oxygen atoms in total. The Morgan fingerprint density at radius 1 is 1.41 bits per heavy atom. The van der Waals surface area contributed by atoms with Gasteiger partial charge in [-0.1, -0.05) is 26.0 Å². The van der Waals surface area contributed by atoms with E-state index in [1.165, 1.54) is 18.4 Å². The smallest absolute Gasteiger partial charge is 0.238 e. The first-order valence-electron chi connectivity index (χ1n) is 6.28. The number of amides is 1. The summed E-state index contributed by atoms with van der Waals surface area (Å²) in [5.74, 6) is 0.522. The summed E-state index contributed by atoms with van der Waals surface area (Å²) in [5, 5.41) is 6.12. The molecule has 2 rings (SSSR count). The first-order chi connectivity index (χ1) is 8.15. The second kappa shape index (κ2) is 5.32. The number of benzene rings is 1. The lowest BCUT2D eigenvalue weighted by Gasteiger charge is -2.09. The van der Waals surface area contributed by atoms with Crippen molar-refractivity contribution in [2.24, 2.45) is 0 Å². The van der Waals surface area contributed by atoms with Gasteiger partial charge < -0.3 is 10.6 Å². The van der Waals surface area contributed by atoms with Gasteiger partial charge in [0.05, 0.1) is 6.54 Å². The van der Waals surface area contributed by atoms with E-state index in [2.05, 4.69) is 30.5 Å². The minimum absolute atomic E-state index is 0.0396. The first kappa shape index (κ1) is 12.1. The molecule has 1 aliphatic rings. The van der Waals surface area contributed by atoms with Gasteiger partial charge in [0.2, 0.25) is 5.91 Å². The number of rotatable bonds is 5. The van der Waals surface area contributed by atoms with Crippen LogP contribution in [0.25, 0.3) is 0 Å². The molecule has 0 bridgehead atoms. The molecule has 0 radical (unpaired) electrons. The van der Waals surface area contributed by atoms with Crippen molar-refractivity contribution in [3.05, 3.63) is 29.8 Å². The van der Waals surface area contributed by atoms with E-state index in [9.17, 15) is 4.79 Å². The summed E-state index contributed by atoms with van der Waals surface area (Å²) in [7, 11) is 0. The largest absolute Gasteiger partial charge is 0.325 e. The Hall–Kier alpha value is -1.35. The molecule has 1 fully saturated rings. The normalized spacial score (nSPS) is 15.0. The molecule has 0 spiro atoms. The van der Waals surface area contributed by atoms with Gasteiger partial charge in [0, 0.05) is 11.7 Å². The molecule has 1 amide bonds. The fourth-order valence-corrected chi connectivity index (χ4v) is 1.71. The third-order valence-corrected chi connectivity index (χ3v) is 2.97. The Morgan fingerprint density at radius 3 is 2.82 bits per heavy atom. The molecule has 92 valence electrons. The molecule has 17 heavy (non-hydrogen) atoms. The average Bonchev–Trinajstić information content (AvgIpc) is 3.10. The maximum atomic E-state index is 11.7. The lowest BCUT2D eigenvalue weighted by Crippen LogP contribution is -2.29. The van der Waals surface area contributed by atoms with Gasteiger partial charge in [-0.25, -0.2) is 0 Å². The van der Waals surface area contributed by atoms with Gasteiger partial charge in [-0.05, 0) is 36.5 Å². The van der Waals surface area contributed by atoms with Crippen LogP contribution in [0.2, 0.25) is 0 Å². The molecule has 0 atom stereocenters. The third kappa shape index (κ3) is 3.86. The van der Waals surface area contributed by atoms with E-state index in [1.54, 1.807) is 0 Å². The van der Waals surface area contributed by atoms with Crippen molar-refractivity contribution in [2.75, 3.05) is 11.9 Å². The quantitative estimate of drug-likeness (QED) is 0.819. The Bertz CT molecular complexity index is 397. The van der Waals surface area contributed by atoms with Crippen molar-refractivity contribution in [1.29, 1.82) is 0 Å². The standard InChI is InChI=1S/C14H20N2O/c1-10(2)11-4-3-5-13(8-11)16-14(17)9-15-12-6-7-12/h3-5,8,10,12,15H,6-7,9H2,1-2H3,(H,16,17). The molecule has 2 N–H and O–H groups in total. The number of hydrogen-bond donors (Lipinski definition) is 2. The van der Waals surface area contributed by atoms with Crippen LogP contribution in [0.4, 0.5) is 5.69 Å². The molecule has 1 aliphatic carbocycles. The van der Waals surface area contributed by atoms with Crippen LogP contribution in [0.15, 0.2) is 24.3 Å². The van der Waals surface area contributed by atoms with Crippen molar-refractivity contribution < 1.29 is 4.79 Å². The van der Waals surface area contributed by atoms with E-state index in [1.807, 2.05) is 18.2 Å². The van der Waals surface area contributed by atoms with E-state index in [-0.39, 0.29) is 5.91 Å². The fourth-order valence-electron chi connectivity index (χ4n) is 1.71. The third-order valence-electron chi connectivity index (χ3n) is 2.97. The highest BCUT2D eigenvalue weighted by Crippen LogP contribution is 2.19. The highest BCUT2D eigenvalue weighted by Gasteiger charge is 2.21. The zero-order chi connectivity index (χ0) is 12.3. The SMILES string of the molecule is CC(C)c1cccc(NC(=O)CNC2CC2)c1. The van der Waals surface area contributed by atoms with Gasteiger partial charge >= 0.3 is 0 Å². The topological polar surface area (TPSA) is 41.1 Å². The molecular formula is C14H20N2O. The summed E-state index contributed by atoms with van der Waals surface area (Å²) in [6.07, 6.45) is 2.41. The minimum atomic E-state index is 0.0396. The molecule has 0 unspecified atom stereocenters. The molecule has 1 saturated carbocycles. The van der Waals surface area contributed by atoms with Gasteiger partial charge in [0.15, 0.2) is 0 Å². The molecule has 0 heterocycles. The van der Waals surface area contributed by atoms with Crippen LogP contribution in [-0.4, -0.2) is 18.5 Å². The maximum absolute atomic E-state index is 11.7. The predicted molar refractivity (Wildman–Crippen MR) is 70.2 cm³/mol. The summed E-state index contributed by atoms with van der Waals surface area (Å²) in [5.41, 5.74) is 2.14. The summed E-state index contributed by atoms with van der Waals surface area (Å²) < 4.78 is 0. The molecule has 0 aromatic heterocycles. The predicted octanol–water partition coefficient (Wildman–Crippen LogP) is 2.50. The Balaban J connectivity index is 1.87. The summed E-state index contributed by atoms with van der Waals surface area (Å²) >= 11 is 0. The molecule has 1 aromatic carbocycles. The summed E-state index contributed by atoms with van der Waals surface area (Å²) in [4.78, 5) is 11.7. The number of anilines is 1. The number of nitrogens with one attached hydrogen (secondary N) is 2. The van der Waals surface area contributed by atoms with E-state index < -0.39 is 0 Å². The van der Waals surface area contributed by atoms with Crippen LogP contribution in [0, 0.1) is 0 Å². The first-order valence-corrected chi connectivity index (χ1v) is 6.28. The fraction of sp³-hybridized carbons (Fsp3) is 0.500. The Labute approximate surface area is 103 Å². The molecule has 0 saturated heterocycles. The Morgan fingerprint density at radius 2 is 2.18 bits per heavy atom. The van der Waals surface area contributed by atoms with Gasteiger partial charge in [-0.3, -0.25) is 4.79 Å². The van der Waals surface area contributed by atoms with Crippen LogP contribution in [0.1, 0.15) is 38.2 Å². The van der Waals surface area contributed by atoms with E-state index in [4.69, 9.17) is 0 Å². The van der Waals surface area contributed by atoms with Gasteiger partial charge in [0.25, 0.3) is 0 Å². The van der Waals surface area contributed by atoms with Crippen molar-refractivity contribution in [3.8, 4) is 0 Å². The molecule has 1 aromatic rings. The number of carbonyl (C=O) groups excluding carboxylic acids is 1. The van der Waals surface area contributed by atoms with Gasteiger partial charge in [0.1, 0.15) is 0 Å². The number of carbonyl (C=O) groups is 1. The zero-order valence-corrected chi connectivity index (χ0v) is 10.5. The van der Waals surface area contributed by atoms with Crippen molar-refractivity contribution >= 4 is 11.6 Å². The van der Waals surface area contributed by atoms with Crippen molar-refractivity contribution in [1.82, 2.24) is 5.32 Å². The van der Waals surface area contributed by atoms with Crippen molar-refractivity contribution in [3.63, 3.8) is 0 Å². The van der Waals surface area contributed by atoms with Crippen LogP contribution in [0.5, 0.6) is 0 Å². The second-order valence-electron chi connectivity index (χ2n) is 4.98. The van der Waals surface area contributed by atoms with E-state index in [0.29, 0.717) is 18.5 Å². The van der Waals surface area contributed by atoms with Crippen LogP contribution in [-0.2, 0) is 4.79 Å². The van der Waals surface area contributed by atoms with Crippen molar-refractivity contribution in [2.45, 2.75) is 38.6 Å².